The Morgan fingerprint density at radius 3 is 2.59 bits per heavy atom. The summed E-state index contributed by atoms with van der Waals surface area (Å²) in [5, 5.41) is 0. The van der Waals surface area contributed by atoms with Crippen molar-refractivity contribution in [2.24, 2.45) is 0 Å². The van der Waals surface area contributed by atoms with E-state index in [0.29, 0.717) is 30.0 Å². The van der Waals surface area contributed by atoms with Crippen LogP contribution in [-0.2, 0) is 4.74 Å². The fraction of sp³-hybridized carbons (Fsp3) is 0.318. The summed E-state index contributed by atoms with van der Waals surface area (Å²) in [6, 6.07) is 11.7. The molecule has 0 radical (unpaired) electrons. The third-order valence-corrected chi connectivity index (χ3v) is 5.46. The van der Waals surface area contributed by atoms with Crippen molar-refractivity contribution in [3.05, 3.63) is 59.2 Å². The number of likely N-dealkylation sites (tertiary alicyclic amines) is 1. The van der Waals surface area contributed by atoms with Crippen molar-refractivity contribution >= 4 is 17.7 Å². The number of amides is 1. The SMILES string of the molecule is COC(=O)c1ccccc1C(=O)N1CCC2(CC(=O)c3cc(OC)ccc3O2)C1. The molecule has 7 heteroatoms. The molecule has 2 aromatic rings. The van der Waals surface area contributed by atoms with E-state index in [1.807, 2.05) is 0 Å². The van der Waals surface area contributed by atoms with Gasteiger partial charge in [-0.05, 0) is 30.3 Å². The molecule has 1 spiro atoms. The number of rotatable bonds is 3. The van der Waals surface area contributed by atoms with E-state index in [0.717, 1.165) is 0 Å². The number of carbonyl (C=O) groups is 3. The normalized spacial score (nSPS) is 20.2. The molecule has 150 valence electrons. The second-order valence-corrected chi connectivity index (χ2v) is 7.26. The zero-order valence-electron chi connectivity index (χ0n) is 16.3. The molecule has 1 fully saturated rings. The van der Waals surface area contributed by atoms with E-state index >= 15 is 0 Å². The van der Waals surface area contributed by atoms with Crippen LogP contribution in [-0.4, -0.2) is 55.5 Å². The van der Waals surface area contributed by atoms with Gasteiger partial charge in [-0.1, -0.05) is 12.1 Å². The van der Waals surface area contributed by atoms with Crippen LogP contribution in [0.15, 0.2) is 42.5 Å². The molecule has 1 unspecified atom stereocenters. The van der Waals surface area contributed by atoms with Crippen LogP contribution in [0.1, 0.15) is 43.9 Å². The van der Waals surface area contributed by atoms with Gasteiger partial charge in [-0.2, -0.15) is 0 Å². The highest BCUT2D eigenvalue weighted by Gasteiger charge is 2.47. The summed E-state index contributed by atoms with van der Waals surface area (Å²) in [5.74, 6) is 0.231. The van der Waals surface area contributed by atoms with Gasteiger partial charge in [0.25, 0.3) is 5.91 Å². The van der Waals surface area contributed by atoms with Crippen molar-refractivity contribution in [2.45, 2.75) is 18.4 Å². The lowest BCUT2D eigenvalue weighted by atomic mass is 9.89. The number of Topliss-reactive ketones (excluding diaryl/α,β-unsaturated/α-hetero) is 1. The predicted octanol–water partition coefficient (Wildman–Crippen LogP) is 2.73. The van der Waals surface area contributed by atoms with Crippen molar-refractivity contribution in [2.75, 3.05) is 27.3 Å². The summed E-state index contributed by atoms with van der Waals surface area (Å²) in [6.45, 7) is 0.714. The third kappa shape index (κ3) is 3.33. The number of hydrogen-bond acceptors (Lipinski definition) is 6. The number of fused-ring (bicyclic) bond motifs is 1. The average molecular weight is 395 g/mol. The number of nitrogens with zero attached hydrogens (tertiary/aromatic N) is 1. The Balaban J connectivity index is 1.57. The van der Waals surface area contributed by atoms with E-state index in [4.69, 9.17) is 14.2 Å². The van der Waals surface area contributed by atoms with E-state index in [9.17, 15) is 14.4 Å². The number of esters is 1. The Hall–Kier alpha value is -3.35. The first-order valence-corrected chi connectivity index (χ1v) is 9.33. The van der Waals surface area contributed by atoms with Gasteiger partial charge < -0.3 is 19.1 Å². The molecule has 0 bridgehead atoms. The second-order valence-electron chi connectivity index (χ2n) is 7.26. The van der Waals surface area contributed by atoms with Crippen LogP contribution >= 0.6 is 0 Å². The van der Waals surface area contributed by atoms with Gasteiger partial charge >= 0.3 is 5.97 Å². The fourth-order valence-electron chi connectivity index (χ4n) is 3.97. The summed E-state index contributed by atoms with van der Waals surface area (Å²) in [7, 11) is 2.83. The Morgan fingerprint density at radius 1 is 1.10 bits per heavy atom. The van der Waals surface area contributed by atoms with Crippen LogP contribution in [0.25, 0.3) is 0 Å². The Morgan fingerprint density at radius 2 is 1.86 bits per heavy atom. The minimum Gasteiger partial charge on any atom is -0.497 e. The van der Waals surface area contributed by atoms with Crippen LogP contribution in [0, 0.1) is 0 Å². The molecule has 0 saturated carbocycles. The number of benzene rings is 2. The summed E-state index contributed by atoms with van der Waals surface area (Å²) < 4.78 is 16.2. The summed E-state index contributed by atoms with van der Waals surface area (Å²) in [5.41, 5.74) is 0.243. The Kier molecular flexibility index (Phi) is 4.74. The number of ether oxygens (including phenoxy) is 3. The van der Waals surface area contributed by atoms with Gasteiger partial charge in [0.05, 0.1) is 43.9 Å². The van der Waals surface area contributed by atoms with Gasteiger partial charge in [0, 0.05) is 13.0 Å². The highest BCUT2D eigenvalue weighted by atomic mass is 16.5. The standard InChI is InChI=1S/C22H21NO6/c1-27-14-7-8-19-17(11-14)18(24)12-22(29-19)9-10-23(13-22)20(25)15-5-3-4-6-16(15)21(26)28-2/h3-8,11H,9-10,12-13H2,1-2H3. The van der Waals surface area contributed by atoms with Gasteiger partial charge in [0.15, 0.2) is 5.78 Å². The zero-order chi connectivity index (χ0) is 20.6. The number of hydrogen-bond donors (Lipinski definition) is 0. The van der Waals surface area contributed by atoms with Crippen molar-refractivity contribution in [3.63, 3.8) is 0 Å². The average Bonchev–Trinajstić information content (AvgIpc) is 3.15. The van der Waals surface area contributed by atoms with E-state index in [-0.39, 0.29) is 35.8 Å². The zero-order valence-corrected chi connectivity index (χ0v) is 16.3. The van der Waals surface area contributed by atoms with Crippen LogP contribution in [0.5, 0.6) is 11.5 Å². The number of ketones is 1. The molecule has 7 nitrogen and oxygen atoms in total. The first kappa shape index (κ1) is 19.0. The van der Waals surface area contributed by atoms with Crippen molar-refractivity contribution < 1.29 is 28.6 Å². The summed E-state index contributed by atoms with van der Waals surface area (Å²) in [6.07, 6.45) is 0.728. The minimum atomic E-state index is -0.755. The smallest absolute Gasteiger partial charge is 0.338 e. The van der Waals surface area contributed by atoms with E-state index in [2.05, 4.69) is 0 Å². The van der Waals surface area contributed by atoms with E-state index < -0.39 is 11.6 Å². The van der Waals surface area contributed by atoms with E-state index in [1.165, 1.54) is 7.11 Å². The van der Waals surface area contributed by atoms with Crippen LogP contribution in [0.4, 0.5) is 0 Å². The van der Waals surface area contributed by atoms with Gasteiger partial charge in [-0.15, -0.1) is 0 Å². The molecule has 2 heterocycles. The number of carbonyl (C=O) groups excluding carboxylic acids is 3. The molecule has 1 atom stereocenters. The van der Waals surface area contributed by atoms with Crippen molar-refractivity contribution in [3.8, 4) is 11.5 Å². The van der Waals surface area contributed by atoms with Crippen molar-refractivity contribution in [1.29, 1.82) is 0 Å². The predicted molar refractivity (Wildman–Crippen MR) is 104 cm³/mol. The Labute approximate surface area is 168 Å². The molecule has 1 amide bonds. The molecule has 2 aliphatic heterocycles. The summed E-state index contributed by atoms with van der Waals surface area (Å²) >= 11 is 0. The summed E-state index contributed by atoms with van der Waals surface area (Å²) in [4.78, 5) is 39.5. The molecular weight excluding hydrogens is 374 g/mol. The third-order valence-electron chi connectivity index (χ3n) is 5.46. The lowest BCUT2D eigenvalue weighted by Gasteiger charge is -2.34. The van der Waals surface area contributed by atoms with Gasteiger partial charge in [0.2, 0.25) is 0 Å². The van der Waals surface area contributed by atoms with Gasteiger partial charge in [0.1, 0.15) is 17.1 Å². The lowest BCUT2D eigenvalue weighted by molar-refractivity contribution is 0.0427. The van der Waals surface area contributed by atoms with Gasteiger partial charge in [-0.25, -0.2) is 4.79 Å². The van der Waals surface area contributed by atoms with Crippen LogP contribution in [0.2, 0.25) is 0 Å². The largest absolute Gasteiger partial charge is 0.497 e. The molecule has 0 N–H and O–H groups in total. The van der Waals surface area contributed by atoms with Gasteiger partial charge in [-0.3, -0.25) is 9.59 Å². The molecule has 29 heavy (non-hydrogen) atoms. The lowest BCUT2D eigenvalue weighted by Crippen LogP contribution is -2.45. The Bertz CT molecular complexity index is 1000. The monoisotopic (exact) mass is 395 g/mol. The van der Waals surface area contributed by atoms with Crippen molar-refractivity contribution in [1.82, 2.24) is 4.90 Å². The maximum atomic E-state index is 13.1. The highest BCUT2D eigenvalue weighted by molar-refractivity contribution is 6.05. The molecular formula is C22H21NO6. The van der Waals surface area contributed by atoms with Crippen LogP contribution < -0.4 is 9.47 Å². The number of methoxy groups -OCH3 is 2. The molecule has 0 aromatic heterocycles. The molecule has 4 rings (SSSR count). The molecule has 1 saturated heterocycles. The molecule has 0 aliphatic carbocycles. The first-order valence-electron chi connectivity index (χ1n) is 9.33. The fourth-order valence-corrected chi connectivity index (χ4v) is 3.97. The maximum Gasteiger partial charge on any atom is 0.338 e. The molecule has 2 aliphatic rings. The first-order chi connectivity index (χ1) is 14.0. The topological polar surface area (TPSA) is 82.1 Å². The molecule has 2 aromatic carbocycles. The maximum absolute atomic E-state index is 13.1. The second kappa shape index (κ2) is 7.24. The quantitative estimate of drug-likeness (QED) is 0.744. The van der Waals surface area contributed by atoms with E-state index in [1.54, 1.807) is 54.5 Å². The highest BCUT2D eigenvalue weighted by Crippen LogP contribution is 2.40. The minimum absolute atomic E-state index is 0.0330. The van der Waals surface area contributed by atoms with Crippen LogP contribution in [0.3, 0.4) is 0 Å².